The van der Waals surface area contributed by atoms with Crippen LogP contribution in [-0.4, -0.2) is 0 Å². The molecule has 0 radical (unpaired) electrons. The van der Waals surface area contributed by atoms with E-state index in [2.05, 4.69) is 12.7 Å². The Morgan fingerprint density at radius 2 is 1.61 bits per heavy atom. The van der Waals surface area contributed by atoms with Gasteiger partial charge in [-0.1, -0.05) is 54.6 Å². The number of allylic oxidation sites excluding steroid dienone is 3. The van der Waals surface area contributed by atoms with Gasteiger partial charge in [-0.2, -0.15) is 0 Å². The Bertz CT molecular complexity index is 1010. The fraction of sp³-hybridized carbons (Fsp3) is 0.200. The summed E-state index contributed by atoms with van der Waals surface area (Å²) < 4.78 is 44.1. The molecule has 28 heavy (non-hydrogen) atoms. The lowest BCUT2D eigenvalue weighted by molar-refractivity contribution is 0.502. The first-order chi connectivity index (χ1) is 13.6. The lowest BCUT2D eigenvalue weighted by Crippen LogP contribution is -1.99. The molecular weight excluding hydrogens is 357 g/mol. The molecule has 3 aromatic rings. The van der Waals surface area contributed by atoms with Crippen molar-refractivity contribution >= 4 is 10.8 Å². The van der Waals surface area contributed by atoms with Crippen LogP contribution >= 0.6 is 0 Å². The Morgan fingerprint density at radius 3 is 2.29 bits per heavy atom. The highest BCUT2D eigenvalue weighted by atomic mass is 19.2. The van der Waals surface area contributed by atoms with E-state index in [1.54, 1.807) is 18.2 Å². The van der Waals surface area contributed by atoms with Crippen LogP contribution in [-0.2, 0) is 12.8 Å². The molecule has 0 heterocycles. The molecule has 0 spiro atoms. The van der Waals surface area contributed by atoms with Crippen molar-refractivity contribution in [3.63, 3.8) is 0 Å². The molecule has 0 atom stereocenters. The third-order valence-corrected chi connectivity index (χ3v) is 4.92. The Morgan fingerprint density at radius 1 is 0.857 bits per heavy atom. The summed E-state index contributed by atoms with van der Waals surface area (Å²) in [4.78, 5) is 0. The maximum atomic E-state index is 15.1. The minimum Gasteiger partial charge on any atom is -0.206 e. The standard InChI is InChI=1S/C25H23F3/c1-3-5-7-8-17-10-12-18(13-11-17)21-15-14-19-16-20(9-6-4-2)23(26)25(28)22(19)24(21)27/h3-5,10-16H,2,6-9H2,1H3/b5-3+. The highest BCUT2D eigenvalue weighted by Gasteiger charge is 2.19. The molecule has 3 rings (SSSR count). The van der Waals surface area contributed by atoms with E-state index in [4.69, 9.17) is 0 Å². The van der Waals surface area contributed by atoms with Gasteiger partial charge in [0, 0.05) is 5.56 Å². The van der Waals surface area contributed by atoms with Crippen molar-refractivity contribution in [1.82, 2.24) is 0 Å². The Kier molecular flexibility index (Phi) is 6.35. The summed E-state index contributed by atoms with van der Waals surface area (Å²) in [5.74, 6) is -2.84. The summed E-state index contributed by atoms with van der Waals surface area (Å²) in [7, 11) is 0. The van der Waals surface area contributed by atoms with Crippen molar-refractivity contribution in [2.45, 2.75) is 32.6 Å². The van der Waals surface area contributed by atoms with Gasteiger partial charge in [-0.25, -0.2) is 13.2 Å². The van der Waals surface area contributed by atoms with Crippen molar-refractivity contribution in [2.24, 2.45) is 0 Å². The average molecular weight is 380 g/mol. The largest absolute Gasteiger partial charge is 0.206 e. The van der Waals surface area contributed by atoms with E-state index in [9.17, 15) is 8.78 Å². The molecule has 0 aliphatic carbocycles. The summed E-state index contributed by atoms with van der Waals surface area (Å²) in [5, 5.41) is 0.0664. The monoisotopic (exact) mass is 380 g/mol. The summed E-state index contributed by atoms with van der Waals surface area (Å²) >= 11 is 0. The first-order valence-corrected chi connectivity index (χ1v) is 9.47. The molecule has 0 N–H and O–H groups in total. The highest BCUT2D eigenvalue weighted by molar-refractivity contribution is 5.89. The summed E-state index contributed by atoms with van der Waals surface area (Å²) in [5.41, 5.74) is 2.30. The van der Waals surface area contributed by atoms with Gasteiger partial charge in [0.05, 0.1) is 5.39 Å². The number of fused-ring (bicyclic) bond motifs is 1. The lowest BCUT2D eigenvalue weighted by atomic mass is 9.96. The highest BCUT2D eigenvalue weighted by Crippen LogP contribution is 2.33. The van der Waals surface area contributed by atoms with E-state index >= 15 is 4.39 Å². The van der Waals surface area contributed by atoms with E-state index < -0.39 is 17.5 Å². The van der Waals surface area contributed by atoms with Gasteiger partial charge in [0.15, 0.2) is 11.6 Å². The molecule has 0 fully saturated rings. The number of hydrogen-bond acceptors (Lipinski definition) is 0. The molecule has 0 aliphatic heterocycles. The molecule has 0 saturated heterocycles. The number of halogens is 3. The second-order valence-electron chi connectivity index (χ2n) is 6.82. The van der Waals surface area contributed by atoms with E-state index in [-0.39, 0.29) is 16.5 Å². The Labute approximate surface area is 164 Å². The topological polar surface area (TPSA) is 0 Å². The molecular formula is C25H23F3. The fourth-order valence-electron chi connectivity index (χ4n) is 3.37. The Balaban J connectivity index is 2.00. The van der Waals surface area contributed by atoms with Gasteiger partial charge in [0.25, 0.3) is 0 Å². The zero-order valence-electron chi connectivity index (χ0n) is 15.9. The van der Waals surface area contributed by atoms with Crippen LogP contribution in [0.2, 0.25) is 0 Å². The zero-order chi connectivity index (χ0) is 20.1. The van der Waals surface area contributed by atoms with Gasteiger partial charge < -0.3 is 0 Å². The van der Waals surface area contributed by atoms with Crippen LogP contribution in [0, 0.1) is 17.5 Å². The van der Waals surface area contributed by atoms with Gasteiger partial charge in [0.2, 0.25) is 0 Å². The van der Waals surface area contributed by atoms with Gasteiger partial charge in [-0.05, 0) is 60.7 Å². The molecule has 0 aliphatic rings. The van der Waals surface area contributed by atoms with Crippen LogP contribution in [0.4, 0.5) is 13.2 Å². The zero-order valence-corrected chi connectivity index (χ0v) is 15.9. The van der Waals surface area contributed by atoms with Crippen LogP contribution in [0.3, 0.4) is 0 Å². The van der Waals surface area contributed by atoms with Gasteiger partial charge in [0.1, 0.15) is 5.82 Å². The smallest absolute Gasteiger partial charge is 0.169 e. The van der Waals surface area contributed by atoms with Gasteiger partial charge in [-0.3, -0.25) is 0 Å². The summed E-state index contributed by atoms with van der Waals surface area (Å²) in [6.45, 7) is 5.58. The van der Waals surface area contributed by atoms with Crippen LogP contribution in [0.5, 0.6) is 0 Å². The maximum absolute atomic E-state index is 15.1. The van der Waals surface area contributed by atoms with Crippen molar-refractivity contribution in [3.05, 3.63) is 95.9 Å². The van der Waals surface area contributed by atoms with Crippen molar-refractivity contribution in [2.75, 3.05) is 0 Å². The van der Waals surface area contributed by atoms with E-state index in [0.717, 1.165) is 18.4 Å². The first-order valence-electron chi connectivity index (χ1n) is 9.47. The third kappa shape index (κ3) is 4.04. The van der Waals surface area contributed by atoms with Crippen LogP contribution in [0.25, 0.3) is 21.9 Å². The fourth-order valence-corrected chi connectivity index (χ4v) is 3.37. The molecule has 3 aromatic carbocycles. The number of aryl methyl sites for hydroxylation is 2. The van der Waals surface area contributed by atoms with E-state index in [0.29, 0.717) is 23.8 Å². The van der Waals surface area contributed by atoms with Crippen molar-refractivity contribution in [1.29, 1.82) is 0 Å². The maximum Gasteiger partial charge on any atom is 0.169 e. The predicted molar refractivity (Wildman–Crippen MR) is 111 cm³/mol. The van der Waals surface area contributed by atoms with Crippen LogP contribution in [0.1, 0.15) is 30.9 Å². The first kappa shape index (κ1) is 19.9. The molecule has 3 heteroatoms. The molecule has 0 amide bonds. The second-order valence-corrected chi connectivity index (χ2v) is 6.82. The summed E-state index contributed by atoms with van der Waals surface area (Å²) in [6.07, 6.45) is 8.46. The van der Waals surface area contributed by atoms with E-state index in [1.165, 1.54) is 6.07 Å². The SMILES string of the molecule is C=CCCc1cc2ccc(-c3ccc(CC/C=C/C)cc3)c(F)c2c(F)c1F. The third-order valence-electron chi connectivity index (χ3n) is 4.92. The van der Waals surface area contributed by atoms with Crippen LogP contribution in [0.15, 0.2) is 67.3 Å². The molecule has 144 valence electrons. The number of rotatable bonds is 7. The van der Waals surface area contributed by atoms with Gasteiger partial charge >= 0.3 is 0 Å². The summed E-state index contributed by atoms with van der Waals surface area (Å²) in [6, 6.07) is 12.3. The lowest BCUT2D eigenvalue weighted by Gasteiger charge is -2.11. The quantitative estimate of drug-likeness (QED) is 0.371. The minimum atomic E-state index is -1.13. The molecule has 0 saturated carbocycles. The molecule has 0 bridgehead atoms. The average Bonchev–Trinajstić information content (AvgIpc) is 2.70. The van der Waals surface area contributed by atoms with Crippen molar-refractivity contribution in [3.8, 4) is 11.1 Å². The molecule has 0 aromatic heterocycles. The number of benzene rings is 3. The van der Waals surface area contributed by atoms with Crippen LogP contribution < -0.4 is 0 Å². The van der Waals surface area contributed by atoms with Gasteiger partial charge in [-0.15, -0.1) is 6.58 Å². The predicted octanol–water partition coefficient (Wildman–Crippen LogP) is 7.55. The number of hydrogen-bond donors (Lipinski definition) is 0. The normalized spacial score (nSPS) is 11.4. The molecule has 0 nitrogen and oxygen atoms in total. The Hall–Kier alpha value is -2.81. The molecule has 0 unspecified atom stereocenters. The van der Waals surface area contributed by atoms with E-state index in [1.807, 2.05) is 37.3 Å². The van der Waals surface area contributed by atoms with Crippen molar-refractivity contribution < 1.29 is 13.2 Å². The second kappa shape index (κ2) is 8.92. The minimum absolute atomic E-state index is 0.238.